The molecule has 31 heavy (non-hydrogen) atoms. The van der Waals surface area contributed by atoms with Gasteiger partial charge in [0.15, 0.2) is 0 Å². The number of nitrogens with one attached hydrogen (secondary N) is 3. The van der Waals surface area contributed by atoms with E-state index in [2.05, 4.69) is 52.8 Å². The van der Waals surface area contributed by atoms with E-state index in [-0.39, 0.29) is 6.04 Å². The van der Waals surface area contributed by atoms with Gasteiger partial charge >= 0.3 is 0 Å². The molecule has 0 amide bonds. The molecule has 0 aliphatic carbocycles. The van der Waals surface area contributed by atoms with Gasteiger partial charge in [-0.1, -0.05) is 18.2 Å². The Morgan fingerprint density at radius 2 is 2.10 bits per heavy atom. The maximum Gasteiger partial charge on any atom is 0.0726 e. The fourth-order valence-electron chi connectivity index (χ4n) is 3.74. The second-order valence-electron chi connectivity index (χ2n) is 8.10. The maximum atomic E-state index is 8.83. The van der Waals surface area contributed by atoms with Gasteiger partial charge in [-0.3, -0.25) is 4.99 Å². The highest BCUT2D eigenvalue weighted by molar-refractivity contribution is 6.12. The number of benzene rings is 2. The zero-order chi connectivity index (χ0) is 22.4. The summed E-state index contributed by atoms with van der Waals surface area (Å²) in [6.45, 7) is 2.80. The van der Waals surface area contributed by atoms with E-state index in [0.29, 0.717) is 11.4 Å². The molecule has 0 fully saturated rings. The van der Waals surface area contributed by atoms with E-state index in [9.17, 15) is 0 Å². The number of hydrogen-bond acceptors (Lipinski definition) is 7. The lowest BCUT2D eigenvalue weighted by molar-refractivity contribution is 0.400. The number of likely N-dealkylation sites (N-methyl/N-ethyl adjacent to an activating group) is 1. The zero-order valence-electron chi connectivity index (χ0n) is 18.6. The minimum absolute atomic E-state index is 0.116. The predicted molar refractivity (Wildman–Crippen MR) is 132 cm³/mol. The van der Waals surface area contributed by atoms with Gasteiger partial charge < -0.3 is 32.4 Å². The highest BCUT2D eigenvalue weighted by atomic mass is 15.1. The van der Waals surface area contributed by atoms with Crippen molar-refractivity contribution < 1.29 is 0 Å². The Hall–Kier alpha value is -3.16. The number of nitrogen functional groups attached to an aromatic ring is 1. The van der Waals surface area contributed by atoms with Crippen molar-refractivity contribution in [3.8, 4) is 0 Å². The molecule has 1 atom stereocenters. The minimum Gasteiger partial charge on any atom is -0.404 e. The molecule has 7 heteroatoms. The number of aliphatic imine (C=N–C) groups is 1. The van der Waals surface area contributed by atoms with Crippen LogP contribution < -0.4 is 22.1 Å². The Balaban J connectivity index is 1.72. The Kier molecular flexibility index (Phi) is 7.44. The molecule has 1 unspecified atom stereocenters. The van der Waals surface area contributed by atoms with Crippen molar-refractivity contribution in [2.24, 2.45) is 10.7 Å². The minimum atomic E-state index is -0.116. The number of anilines is 2. The van der Waals surface area contributed by atoms with Crippen LogP contribution in [0.4, 0.5) is 11.4 Å². The smallest absolute Gasteiger partial charge is 0.0726 e. The number of fused-ring (bicyclic) bond motifs is 1. The summed E-state index contributed by atoms with van der Waals surface area (Å²) in [5.41, 5.74) is 19.0. The van der Waals surface area contributed by atoms with E-state index in [1.54, 1.807) is 13.3 Å². The van der Waals surface area contributed by atoms with Crippen molar-refractivity contribution in [2.45, 2.75) is 19.0 Å². The number of hydrogen-bond donors (Lipinski definition) is 5. The molecule has 7 N–H and O–H groups in total. The monoisotopic (exact) mass is 419 g/mol. The van der Waals surface area contributed by atoms with Gasteiger partial charge in [-0.2, -0.15) is 0 Å². The molecule has 3 rings (SSSR count). The van der Waals surface area contributed by atoms with Crippen LogP contribution in [0.1, 0.15) is 22.3 Å². The largest absolute Gasteiger partial charge is 0.404 e. The Labute approximate surface area is 184 Å². The Morgan fingerprint density at radius 1 is 1.29 bits per heavy atom. The van der Waals surface area contributed by atoms with E-state index in [1.807, 2.05) is 18.2 Å². The summed E-state index contributed by atoms with van der Waals surface area (Å²) in [4.78, 5) is 6.21. The summed E-state index contributed by atoms with van der Waals surface area (Å²) in [7, 11) is 5.85. The Bertz CT molecular complexity index is 991. The van der Waals surface area contributed by atoms with Crippen molar-refractivity contribution in [1.82, 2.24) is 10.2 Å². The molecule has 1 aliphatic heterocycles. The van der Waals surface area contributed by atoms with Crippen LogP contribution in [0.25, 0.3) is 5.57 Å². The van der Waals surface area contributed by atoms with Crippen LogP contribution >= 0.6 is 0 Å². The molecule has 0 spiro atoms. The van der Waals surface area contributed by atoms with Gasteiger partial charge in [-0.15, -0.1) is 0 Å². The normalized spacial score (nSPS) is 16.0. The average Bonchev–Trinajstić information content (AvgIpc) is 3.18. The highest BCUT2D eigenvalue weighted by Gasteiger charge is 2.26. The number of allylic oxidation sites excluding steroid dienone is 1. The predicted octanol–water partition coefficient (Wildman–Crippen LogP) is 2.32. The fourth-order valence-corrected chi connectivity index (χ4v) is 3.74. The quantitative estimate of drug-likeness (QED) is 0.243. The molecule has 164 valence electrons. The first-order chi connectivity index (χ1) is 14.9. The SMILES string of the molecule is CN=CC(=CN)c1ccc(N)c(C(=N)C2Cc3cc(CNCCN(C)C)ccc3N2)c1. The first-order valence-corrected chi connectivity index (χ1v) is 10.5. The first-order valence-electron chi connectivity index (χ1n) is 10.5. The lowest BCUT2D eigenvalue weighted by Gasteiger charge is -2.16. The zero-order valence-corrected chi connectivity index (χ0v) is 18.6. The third-order valence-electron chi connectivity index (χ3n) is 5.46. The molecule has 0 saturated carbocycles. The molecule has 2 aromatic rings. The molecule has 0 aromatic heterocycles. The maximum absolute atomic E-state index is 8.83. The fraction of sp³-hybridized carbons (Fsp3) is 0.333. The van der Waals surface area contributed by atoms with Crippen molar-refractivity contribution in [3.05, 3.63) is 64.9 Å². The van der Waals surface area contributed by atoms with Crippen LogP contribution in [0.5, 0.6) is 0 Å². The van der Waals surface area contributed by atoms with Gasteiger partial charge in [0, 0.05) is 68.0 Å². The molecule has 0 radical (unpaired) electrons. The van der Waals surface area contributed by atoms with E-state index in [4.69, 9.17) is 16.9 Å². The second kappa shape index (κ2) is 10.2. The van der Waals surface area contributed by atoms with Crippen molar-refractivity contribution in [2.75, 3.05) is 45.3 Å². The summed E-state index contributed by atoms with van der Waals surface area (Å²) < 4.78 is 0. The van der Waals surface area contributed by atoms with Crippen LogP contribution in [0.2, 0.25) is 0 Å². The lowest BCUT2D eigenvalue weighted by Crippen LogP contribution is -2.28. The lowest BCUT2D eigenvalue weighted by atomic mass is 9.95. The van der Waals surface area contributed by atoms with Crippen LogP contribution in [-0.2, 0) is 13.0 Å². The van der Waals surface area contributed by atoms with Gasteiger partial charge in [0.1, 0.15) is 0 Å². The molecule has 1 heterocycles. The summed E-state index contributed by atoms with van der Waals surface area (Å²) in [5.74, 6) is 0. The highest BCUT2D eigenvalue weighted by Crippen LogP contribution is 2.30. The van der Waals surface area contributed by atoms with E-state index >= 15 is 0 Å². The molecular formula is C24H33N7. The van der Waals surface area contributed by atoms with Crippen LogP contribution in [0, 0.1) is 5.41 Å². The van der Waals surface area contributed by atoms with Crippen LogP contribution in [-0.4, -0.2) is 57.1 Å². The van der Waals surface area contributed by atoms with Gasteiger partial charge in [0.05, 0.1) is 11.8 Å². The first kappa shape index (κ1) is 22.5. The van der Waals surface area contributed by atoms with E-state index in [1.165, 1.54) is 17.3 Å². The third kappa shape index (κ3) is 5.51. The molecule has 1 aliphatic rings. The number of nitrogens with two attached hydrogens (primary N) is 2. The molecule has 0 bridgehead atoms. The molecule has 0 saturated heterocycles. The summed E-state index contributed by atoms with van der Waals surface area (Å²) >= 11 is 0. The summed E-state index contributed by atoms with van der Waals surface area (Å²) in [6.07, 6.45) is 3.99. The van der Waals surface area contributed by atoms with Crippen molar-refractivity contribution in [1.29, 1.82) is 5.41 Å². The van der Waals surface area contributed by atoms with Gasteiger partial charge in [0.25, 0.3) is 0 Å². The summed E-state index contributed by atoms with van der Waals surface area (Å²) in [6, 6.07) is 12.0. The van der Waals surface area contributed by atoms with E-state index in [0.717, 1.165) is 48.4 Å². The van der Waals surface area contributed by atoms with Gasteiger partial charge in [-0.05, 0) is 49.0 Å². The average molecular weight is 420 g/mol. The van der Waals surface area contributed by atoms with E-state index < -0.39 is 0 Å². The van der Waals surface area contributed by atoms with Crippen LogP contribution in [0.15, 0.2) is 47.6 Å². The second-order valence-corrected chi connectivity index (χ2v) is 8.10. The molecule has 2 aromatic carbocycles. The molecule has 7 nitrogen and oxygen atoms in total. The van der Waals surface area contributed by atoms with Gasteiger partial charge in [-0.25, -0.2) is 0 Å². The Morgan fingerprint density at radius 3 is 2.81 bits per heavy atom. The van der Waals surface area contributed by atoms with Crippen molar-refractivity contribution in [3.63, 3.8) is 0 Å². The number of nitrogens with zero attached hydrogens (tertiary/aromatic N) is 2. The topological polar surface area (TPSA) is 116 Å². The van der Waals surface area contributed by atoms with Crippen molar-refractivity contribution >= 4 is 28.9 Å². The number of rotatable bonds is 9. The summed E-state index contributed by atoms with van der Waals surface area (Å²) in [5, 5.41) is 15.8. The van der Waals surface area contributed by atoms with Gasteiger partial charge in [0.2, 0.25) is 0 Å². The van der Waals surface area contributed by atoms with Crippen LogP contribution in [0.3, 0.4) is 0 Å². The third-order valence-corrected chi connectivity index (χ3v) is 5.46. The molecular weight excluding hydrogens is 386 g/mol. The standard InChI is InChI=1S/C24H33N7/c1-28-15-19(13-25)17-5-6-21(26)20(11-17)24(27)23-12-18-10-16(4-7-22(18)30-23)14-29-8-9-31(2)3/h4-7,10-11,13,15,23,27,29-30H,8-9,12,14,25-26H2,1-3H3.